The minimum atomic E-state index is -0.614. The van der Waals surface area contributed by atoms with E-state index in [1.54, 1.807) is 73.0 Å². The molecule has 0 radical (unpaired) electrons. The van der Waals surface area contributed by atoms with Crippen LogP contribution in [-0.2, 0) is 22.4 Å². The summed E-state index contributed by atoms with van der Waals surface area (Å²) >= 11 is 5.11. The van der Waals surface area contributed by atoms with Crippen molar-refractivity contribution in [2.75, 3.05) is 28.4 Å². The van der Waals surface area contributed by atoms with Crippen molar-refractivity contribution in [2.45, 2.75) is 54.4 Å². The summed E-state index contributed by atoms with van der Waals surface area (Å²) in [6, 6.07) is 30.2. The minimum Gasteiger partial charge on any atom is -0.504 e. The van der Waals surface area contributed by atoms with Gasteiger partial charge >= 0.3 is 5.97 Å². The fraction of sp³-hybridized carbons (Fsp3) is 0.292. The summed E-state index contributed by atoms with van der Waals surface area (Å²) in [4.78, 5) is 40.0. The molecule has 61 heavy (non-hydrogen) atoms. The van der Waals surface area contributed by atoms with Gasteiger partial charge in [-0.1, -0.05) is 57.2 Å². The number of methoxy groups -OCH3 is 4. The Bertz CT molecular complexity index is 2410. The quantitative estimate of drug-likeness (QED) is 0.0750. The zero-order valence-electron chi connectivity index (χ0n) is 36.3. The predicted octanol–water partition coefficient (Wildman–Crippen LogP) is 9.96. The van der Waals surface area contributed by atoms with Crippen molar-refractivity contribution < 1.29 is 38.4 Å². The molecule has 12 nitrogen and oxygen atoms in total. The number of aromatic hydroxyl groups is 1. The summed E-state index contributed by atoms with van der Waals surface area (Å²) in [7, 11) is 6.35. The Kier molecular flexibility index (Phi) is 16.7. The average Bonchev–Trinajstić information content (AvgIpc) is 3.24. The standard InChI is InChI=1S/C24H26N2O4.C19H18N2O3.C5H9ClO/c1-24(2,3)23(27)30-22-13-16(10-11-21(22)29-5)12-17-14-19(26-15-25-17)18-8-6-7-9-20(18)28-4;1-23-18-6-4-3-5-15(18)16-11-14(20-12-21-16)9-13-7-8-19(24-2)17(22)10-13;1-5(2,3)4(6)7/h6-11,13-15H,12H2,1-5H3;3-8,10-12,22H,9H2,1-2H3;1-3H3. The SMILES string of the molecule is CC(C)(C)C(=O)Cl.COc1ccc(Cc2cc(-c3ccccc3OC)ncn2)cc1O.COc1ccc(Cc2cc(-c3ccccc3OC)ncn2)cc1OC(=O)C(C)(C)C. The number of benzene rings is 4. The van der Waals surface area contributed by atoms with Crippen molar-refractivity contribution in [3.05, 3.63) is 132 Å². The molecule has 0 atom stereocenters. The van der Waals surface area contributed by atoms with Crippen LogP contribution in [0, 0.1) is 10.8 Å². The number of hydrogen-bond donors (Lipinski definition) is 1. The van der Waals surface area contributed by atoms with E-state index in [1.807, 2.05) is 99.6 Å². The fourth-order valence-electron chi connectivity index (χ4n) is 5.42. The first kappa shape index (κ1) is 47.2. The molecule has 0 saturated carbocycles. The molecule has 0 amide bonds. The normalized spacial score (nSPS) is 10.9. The molecule has 0 saturated heterocycles. The molecular weight excluding hydrogens is 796 g/mol. The van der Waals surface area contributed by atoms with Gasteiger partial charge in [-0.2, -0.15) is 0 Å². The van der Waals surface area contributed by atoms with Gasteiger partial charge in [-0.15, -0.1) is 0 Å². The van der Waals surface area contributed by atoms with Crippen molar-refractivity contribution in [1.29, 1.82) is 0 Å². The molecule has 0 aliphatic heterocycles. The number of rotatable bonds is 11. The summed E-state index contributed by atoms with van der Waals surface area (Å²) in [5.41, 5.74) is 5.99. The first-order valence-electron chi connectivity index (χ1n) is 19.3. The molecular formula is C48H53ClN4O8. The molecule has 320 valence electrons. The summed E-state index contributed by atoms with van der Waals surface area (Å²) < 4.78 is 26.8. The Balaban J connectivity index is 0.000000236. The van der Waals surface area contributed by atoms with Crippen molar-refractivity contribution in [3.63, 3.8) is 0 Å². The van der Waals surface area contributed by atoms with Crippen LogP contribution in [0.5, 0.6) is 34.5 Å². The van der Waals surface area contributed by atoms with Crippen molar-refractivity contribution in [2.24, 2.45) is 10.8 Å². The molecule has 1 N–H and O–H groups in total. The van der Waals surface area contributed by atoms with Gasteiger partial charge in [0.1, 0.15) is 24.2 Å². The number of esters is 1. The second-order valence-electron chi connectivity index (χ2n) is 15.7. The van der Waals surface area contributed by atoms with E-state index in [-0.39, 0.29) is 22.4 Å². The number of aromatic nitrogens is 4. The number of nitrogens with zero attached hydrogens (tertiary/aromatic N) is 4. The Morgan fingerprint density at radius 1 is 0.541 bits per heavy atom. The largest absolute Gasteiger partial charge is 0.504 e. The number of para-hydroxylation sites is 2. The third-order valence-corrected chi connectivity index (χ3v) is 9.43. The maximum Gasteiger partial charge on any atom is 0.316 e. The highest BCUT2D eigenvalue weighted by atomic mass is 35.5. The summed E-state index contributed by atoms with van der Waals surface area (Å²) in [6.07, 6.45) is 4.22. The van der Waals surface area contributed by atoms with Gasteiger partial charge in [0.05, 0.1) is 45.2 Å². The van der Waals surface area contributed by atoms with E-state index in [0.29, 0.717) is 30.1 Å². The second kappa shape index (κ2) is 21.6. The predicted molar refractivity (Wildman–Crippen MR) is 237 cm³/mol. The molecule has 0 aliphatic carbocycles. The van der Waals surface area contributed by atoms with Gasteiger partial charge in [0.25, 0.3) is 0 Å². The Hall–Kier alpha value is -6.53. The van der Waals surface area contributed by atoms with E-state index < -0.39 is 5.41 Å². The van der Waals surface area contributed by atoms with E-state index in [1.165, 1.54) is 7.11 Å². The number of halogens is 1. The number of carbonyl (C=O) groups is 2. The van der Waals surface area contributed by atoms with Gasteiger partial charge in [0, 0.05) is 40.8 Å². The number of phenols is 1. The Morgan fingerprint density at radius 2 is 0.967 bits per heavy atom. The molecule has 13 heteroatoms. The van der Waals surface area contributed by atoms with Gasteiger partial charge in [-0.05, 0) is 104 Å². The van der Waals surface area contributed by atoms with E-state index in [4.69, 9.17) is 35.3 Å². The third kappa shape index (κ3) is 13.8. The highest BCUT2D eigenvalue weighted by Gasteiger charge is 2.25. The monoisotopic (exact) mass is 848 g/mol. The lowest BCUT2D eigenvalue weighted by atomic mass is 9.97. The molecule has 0 aliphatic rings. The van der Waals surface area contributed by atoms with Gasteiger partial charge < -0.3 is 28.8 Å². The highest BCUT2D eigenvalue weighted by Crippen LogP contribution is 2.33. The first-order valence-corrected chi connectivity index (χ1v) is 19.7. The molecule has 0 spiro atoms. The number of hydrogen-bond acceptors (Lipinski definition) is 12. The zero-order chi connectivity index (χ0) is 44.7. The minimum absolute atomic E-state index is 0.119. The molecule has 4 aromatic carbocycles. The van der Waals surface area contributed by atoms with Crippen molar-refractivity contribution >= 4 is 22.8 Å². The number of phenolic OH excluding ortho intramolecular Hbond substituents is 1. The fourth-order valence-corrected chi connectivity index (χ4v) is 5.42. The van der Waals surface area contributed by atoms with Crippen molar-refractivity contribution in [1.82, 2.24) is 19.9 Å². The topological polar surface area (TPSA) is 152 Å². The van der Waals surface area contributed by atoms with E-state index in [9.17, 15) is 14.7 Å². The van der Waals surface area contributed by atoms with Crippen LogP contribution in [0.2, 0.25) is 0 Å². The molecule has 2 aromatic heterocycles. The van der Waals surface area contributed by atoms with E-state index >= 15 is 0 Å². The molecule has 2 heterocycles. The second-order valence-corrected chi connectivity index (χ2v) is 16.0. The van der Waals surface area contributed by atoms with Crippen LogP contribution in [0.4, 0.5) is 0 Å². The molecule has 0 bridgehead atoms. The van der Waals surface area contributed by atoms with Gasteiger partial charge in [-0.3, -0.25) is 9.59 Å². The lowest BCUT2D eigenvalue weighted by Gasteiger charge is -2.18. The molecule has 0 unspecified atom stereocenters. The van der Waals surface area contributed by atoms with Crippen LogP contribution in [-0.4, -0.2) is 64.7 Å². The van der Waals surface area contributed by atoms with Crippen LogP contribution in [0.3, 0.4) is 0 Å². The van der Waals surface area contributed by atoms with Crippen LogP contribution in [0.1, 0.15) is 64.1 Å². The lowest BCUT2D eigenvalue weighted by Crippen LogP contribution is -2.25. The molecule has 0 fully saturated rings. The first-order chi connectivity index (χ1) is 29.0. The van der Waals surface area contributed by atoms with Crippen molar-refractivity contribution in [3.8, 4) is 57.0 Å². The molecule has 6 aromatic rings. The Labute approximate surface area is 362 Å². The third-order valence-electron chi connectivity index (χ3n) is 8.86. The molecule has 6 rings (SSSR count). The summed E-state index contributed by atoms with van der Waals surface area (Å²) in [5.74, 6) is 2.68. The van der Waals surface area contributed by atoms with Crippen LogP contribution < -0.4 is 23.7 Å². The van der Waals surface area contributed by atoms with E-state index in [2.05, 4.69) is 19.9 Å². The summed E-state index contributed by atoms with van der Waals surface area (Å²) in [5, 5.41) is 9.61. The zero-order valence-corrected chi connectivity index (χ0v) is 37.0. The van der Waals surface area contributed by atoms with E-state index in [0.717, 1.165) is 56.5 Å². The lowest BCUT2D eigenvalue weighted by molar-refractivity contribution is -0.143. The van der Waals surface area contributed by atoms with Gasteiger partial charge in [-0.25, -0.2) is 19.9 Å². The van der Waals surface area contributed by atoms with Crippen LogP contribution >= 0.6 is 11.6 Å². The Morgan fingerprint density at radius 3 is 1.38 bits per heavy atom. The van der Waals surface area contributed by atoms with Gasteiger partial charge in [0.2, 0.25) is 5.24 Å². The van der Waals surface area contributed by atoms with Crippen LogP contribution in [0.25, 0.3) is 22.5 Å². The summed E-state index contributed by atoms with van der Waals surface area (Å²) in [6.45, 7) is 10.8. The number of carbonyl (C=O) groups excluding carboxylic acids is 2. The maximum absolute atomic E-state index is 12.3. The van der Waals surface area contributed by atoms with Gasteiger partial charge in [0.15, 0.2) is 23.0 Å². The number of ether oxygens (including phenoxy) is 5. The van der Waals surface area contributed by atoms with Crippen LogP contribution in [0.15, 0.2) is 110 Å². The average molecular weight is 849 g/mol. The highest BCUT2D eigenvalue weighted by molar-refractivity contribution is 6.64. The maximum atomic E-state index is 12.3. The smallest absolute Gasteiger partial charge is 0.316 e.